The van der Waals surface area contributed by atoms with Crippen LogP contribution in [0.1, 0.15) is 21.2 Å². The second-order valence-corrected chi connectivity index (χ2v) is 6.02. The number of hydrogen-bond acceptors (Lipinski definition) is 6. The quantitative estimate of drug-likeness (QED) is 0.671. The lowest BCUT2D eigenvalue weighted by molar-refractivity contribution is 0.0458. The minimum atomic E-state index is -0.472. The van der Waals surface area contributed by atoms with E-state index in [0.717, 1.165) is 10.6 Å². The molecule has 0 saturated carbocycles. The molecule has 0 radical (unpaired) electrons. The van der Waals surface area contributed by atoms with Gasteiger partial charge in [0.1, 0.15) is 12.3 Å². The van der Waals surface area contributed by atoms with E-state index >= 15 is 0 Å². The molecule has 0 bridgehead atoms. The number of esters is 1. The Balaban J connectivity index is 1.64. The number of thiazole rings is 1. The topological polar surface area (TPSA) is 65.2 Å². The molecule has 1 aromatic carbocycles. The summed E-state index contributed by atoms with van der Waals surface area (Å²) in [5.74, 6) is 0.118. The fourth-order valence-corrected chi connectivity index (χ4v) is 2.51. The number of hydrogen-bond donors (Lipinski definition) is 0. The van der Waals surface area contributed by atoms with Gasteiger partial charge in [-0.25, -0.2) is 9.78 Å². The first-order chi connectivity index (χ1) is 10.6. The van der Waals surface area contributed by atoms with Gasteiger partial charge in [-0.1, -0.05) is 16.8 Å². The first kappa shape index (κ1) is 14.7. The number of benzene rings is 1. The summed E-state index contributed by atoms with van der Waals surface area (Å²) in [5, 5.41) is 7.02. The van der Waals surface area contributed by atoms with Gasteiger partial charge in [0.15, 0.2) is 11.5 Å². The van der Waals surface area contributed by atoms with Crippen LogP contribution in [-0.4, -0.2) is 16.1 Å². The van der Waals surface area contributed by atoms with Crippen LogP contribution in [0.2, 0.25) is 5.02 Å². The maximum atomic E-state index is 11.8. The molecule has 112 valence electrons. The van der Waals surface area contributed by atoms with Crippen LogP contribution in [0, 0.1) is 6.92 Å². The molecule has 2 aromatic heterocycles. The lowest BCUT2D eigenvalue weighted by atomic mass is 10.2. The molecule has 0 amide bonds. The number of aryl methyl sites for hydroxylation is 1. The third-order valence-electron chi connectivity index (χ3n) is 2.87. The van der Waals surface area contributed by atoms with Crippen molar-refractivity contribution in [3.05, 3.63) is 57.1 Å². The molecule has 7 heteroatoms. The Morgan fingerprint density at radius 3 is 2.82 bits per heavy atom. The van der Waals surface area contributed by atoms with Crippen LogP contribution in [0.25, 0.3) is 11.3 Å². The number of halogens is 1. The van der Waals surface area contributed by atoms with Gasteiger partial charge < -0.3 is 9.26 Å². The molecule has 2 heterocycles. The maximum absolute atomic E-state index is 11.8. The number of nitrogens with zero attached hydrogens (tertiary/aromatic N) is 2. The number of ether oxygens (including phenoxy) is 1. The van der Waals surface area contributed by atoms with Crippen molar-refractivity contribution in [2.24, 2.45) is 0 Å². The molecule has 0 saturated heterocycles. The molecule has 0 atom stereocenters. The van der Waals surface area contributed by atoms with E-state index < -0.39 is 5.97 Å². The van der Waals surface area contributed by atoms with Crippen LogP contribution in [0.15, 0.2) is 40.2 Å². The first-order valence-electron chi connectivity index (χ1n) is 6.42. The molecular formula is C15H11ClN2O3S. The summed E-state index contributed by atoms with van der Waals surface area (Å²) in [6.07, 6.45) is 0. The lowest BCUT2D eigenvalue weighted by Gasteiger charge is -1.98. The molecule has 3 rings (SSSR count). The maximum Gasteiger partial charge on any atom is 0.358 e. The zero-order valence-electron chi connectivity index (χ0n) is 11.6. The summed E-state index contributed by atoms with van der Waals surface area (Å²) in [5.41, 5.74) is 1.69. The predicted molar refractivity (Wildman–Crippen MR) is 82.9 cm³/mol. The molecule has 0 spiro atoms. The van der Waals surface area contributed by atoms with Crippen LogP contribution in [0.4, 0.5) is 0 Å². The molecule has 0 aliphatic heterocycles. The summed E-state index contributed by atoms with van der Waals surface area (Å²) in [6, 6.07) is 8.92. The number of carbonyl (C=O) groups is 1. The average molecular weight is 335 g/mol. The minimum absolute atomic E-state index is 0.0342. The SMILES string of the molecule is Cc1nc(C(=O)OCc2cc(-c3ccc(Cl)cc3)on2)cs1. The van der Waals surface area contributed by atoms with Gasteiger partial charge in [0.05, 0.1) is 5.01 Å². The van der Waals surface area contributed by atoms with Crippen molar-refractivity contribution < 1.29 is 14.1 Å². The van der Waals surface area contributed by atoms with E-state index in [9.17, 15) is 4.79 Å². The van der Waals surface area contributed by atoms with E-state index in [4.69, 9.17) is 20.9 Å². The highest BCUT2D eigenvalue weighted by molar-refractivity contribution is 7.09. The van der Waals surface area contributed by atoms with Gasteiger partial charge in [0, 0.05) is 22.0 Å². The molecule has 3 aromatic rings. The van der Waals surface area contributed by atoms with Crippen LogP contribution >= 0.6 is 22.9 Å². The first-order valence-corrected chi connectivity index (χ1v) is 7.68. The summed E-state index contributed by atoms with van der Waals surface area (Å²) < 4.78 is 10.4. The van der Waals surface area contributed by atoms with E-state index in [2.05, 4.69) is 10.1 Å². The Bertz CT molecular complexity index is 795. The highest BCUT2D eigenvalue weighted by Crippen LogP contribution is 2.22. The van der Waals surface area contributed by atoms with Gasteiger partial charge in [-0.2, -0.15) is 0 Å². The second kappa shape index (κ2) is 6.29. The zero-order chi connectivity index (χ0) is 15.5. The fourth-order valence-electron chi connectivity index (χ4n) is 1.80. The van der Waals surface area contributed by atoms with E-state index in [1.807, 2.05) is 19.1 Å². The van der Waals surface area contributed by atoms with Crippen LogP contribution < -0.4 is 0 Å². The average Bonchev–Trinajstić information content (AvgIpc) is 3.15. The number of rotatable bonds is 4. The Morgan fingerprint density at radius 1 is 1.36 bits per heavy atom. The molecule has 0 unspecified atom stereocenters. The summed E-state index contributed by atoms with van der Waals surface area (Å²) >= 11 is 7.24. The monoisotopic (exact) mass is 334 g/mol. The van der Waals surface area contributed by atoms with Crippen LogP contribution in [0.3, 0.4) is 0 Å². The molecule has 0 aliphatic carbocycles. The van der Waals surface area contributed by atoms with E-state index in [-0.39, 0.29) is 6.61 Å². The van der Waals surface area contributed by atoms with Crippen LogP contribution in [0.5, 0.6) is 0 Å². The van der Waals surface area contributed by atoms with Gasteiger partial charge in [-0.3, -0.25) is 0 Å². The normalized spacial score (nSPS) is 10.6. The van der Waals surface area contributed by atoms with E-state index in [1.165, 1.54) is 11.3 Å². The second-order valence-electron chi connectivity index (χ2n) is 4.52. The highest BCUT2D eigenvalue weighted by atomic mass is 35.5. The Morgan fingerprint density at radius 2 is 2.14 bits per heavy atom. The van der Waals surface area contributed by atoms with Gasteiger partial charge in [-0.15, -0.1) is 11.3 Å². The molecule has 0 N–H and O–H groups in total. The summed E-state index contributed by atoms with van der Waals surface area (Å²) in [7, 11) is 0. The minimum Gasteiger partial charge on any atom is -0.454 e. The van der Waals surface area contributed by atoms with E-state index in [0.29, 0.717) is 22.2 Å². The molecule has 5 nitrogen and oxygen atoms in total. The van der Waals surface area contributed by atoms with Crippen molar-refractivity contribution in [2.75, 3.05) is 0 Å². The Kier molecular flexibility index (Phi) is 4.22. The van der Waals surface area contributed by atoms with Gasteiger partial charge in [0.2, 0.25) is 0 Å². The summed E-state index contributed by atoms with van der Waals surface area (Å²) in [6.45, 7) is 1.87. The third kappa shape index (κ3) is 3.35. The largest absolute Gasteiger partial charge is 0.454 e. The summed E-state index contributed by atoms with van der Waals surface area (Å²) in [4.78, 5) is 15.9. The molecular weight excluding hydrogens is 324 g/mol. The number of aromatic nitrogens is 2. The van der Waals surface area contributed by atoms with Gasteiger partial charge in [-0.05, 0) is 31.2 Å². The van der Waals surface area contributed by atoms with Crippen LogP contribution in [-0.2, 0) is 11.3 Å². The molecule has 0 aliphatic rings. The number of carbonyl (C=O) groups excluding carboxylic acids is 1. The molecule has 22 heavy (non-hydrogen) atoms. The standard InChI is InChI=1S/C15H11ClN2O3S/c1-9-17-13(8-22-9)15(19)20-7-12-6-14(21-18-12)10-2-4-11(16)5-3-10/h2-6,8H,7H2,1H3. The molecule has 0 fully saturated rings. The fraction of sp³-hybridized carbons (Fsp3) is 0.133. The van der Waals surface area contributed by atoms with Crippen molar-refractivity contribution in [3.63, 3.8) is 0 Å². The lowest BCUT2D eigenvalue weighted by Crippen LogP contribution is -2.05. The van der Waals surface area contributed by atoms with Gasteiger partial charge >= 0.3 is 5.97 Å². The van der Waals surface area contributed by atoms with Crippen molar-refractivity contribution >= 4 is 28.9 Å². The van der Waals surface area contributed by atoms with E-state index in [1.54, 1.807) is 23.6 Å². The van der Waals surface area contributed by atoms with Crippen molar-refractivity contribution in [1.82, 2.24) is 10.1 Å². The third-order valence-corrected chi connectivity index (χ3v) is 3.89. The Hall–Kier alpha value is -2.18. The van der Waals surface area contributed by atoms with Crippen molar-refractivity contribution in [1.29, 1.82) is 0 Å². The smallest absolute Gasteiger partial charge is 0.358 e. The van der Waals surface area contributed by atoms with Crippen molar-refractivity contribution in [2.45, 2.75) is 13.5 Å². The van der Waals surface area contributed by atoms with Crippen molar-refractivity contribution in [3.8, 4) is 11.3 Å². The zero-order valence-corrected chi connectivity index (χ0v) is 13.1. The predicted octanol–water partition coefficient (Wildman–Crippen LogP) is 4.12. The Labute approximate surface area is 135 Å². The van der Waals surface area contributed by atoms with Gasteiger partial charge in [0.25, 0.3) is 0 Å². The highest BCUT2D eigenvalue weighted by Gasteiger charge is 2.13.